The van der Waals surface area contributed by atoms with E-state index in [2.05, 4.69) is 9.82 Å². The van der Waals surface area contributed by atoms with E-state index in [9.17, 15) is 18.5 Å². The van der Waals surface area contributed by atoms with Gasteiger partial charge in [0.1, 0.15) is 0 Å². The second kappa shape index (κ2) is 6.36. The molecule has 0 aliphatic heterocycles. The number of nitro benzene ring substituents is 1. The first-order chi connectivity index (χ1) is 11.8. The molecule has 0 bridgehead atoms. The molecule has 0 aliphatic carbocycles. The Morgan fingerprint density at radius 1 is 1.12 bits per heavy atom. The van der Waals surface area contributed by atoms with Gasteiger partial charge in [0.05, 0.1) is 21.2 Å². The molecule has 0 saturated heterocycles. The van der Waals surface area contributed by atoms with E-state index < -0.39 is 14.9 Å². The quantitative estimate of drug-likeness (QED) is 0.557. The molecule has 8 nitrogen and oxygen atoms in total. The summed E-state index contributed by atoms with van der Waals surface area (Å²) in [5.41, 5.74) is 1.72. The number of hydrogen-bond donors (Lipinski definition) is 1. The van der Waals surface area contributed by atoms with Crippen LogP contribution in [-0.2, 0) is 10.0 Å². The second-order valence-corrected chi connectivity index (χ2v) is 6.99. The number of aryl methyl sites for hydroxylation is 1. The lowest BCUT2D eigenvalue weighted by Gasteiger charge is -2.09. The number of nitrogens with zero attached hydrogens (tertiary/aromatic N) is 3. The van der Waals surface area contributed by atoms with Gasteiger partial charge >= 0.3 is 0 Å². The predicted octanol–water partition coefficient (Wildman–Crippen LogP) is 2.89. The van der Waals surface area contributed by atoms with Crippen molar-refractivity contribution in [2.24, 2.45) is 0 Å². The van der Waals surface area contributed by atoms with Crippen molar-refractivity contribution in [2.45, 2.75) is 11.8 Å². The van der Waals surface area contributed by atoms with E-state index in [1.807, 2.05) is 13.0 Å². The molecule has 3 rings (SSSR count). The summed E-state index contributed by atoms with van der Waals surface area (Å²) in [5, 5.41) is 15.1. The summed E-state index contributed by atoms with van der Waals surface area (Å²) in [5.74, 6) is 0. The molecule has 0 unspecified atom stereocenters. The monoisotopic (exact) mass is 358 g/mol. The van der Waals surface area contributed by atoms with Crippen LogP contribution >= 0.6 is 0 Å². The van der Waals surface area contributed by atoms with Gasteiger partial charge in [-0.1, -0.05) is 6.07 Å². The lowest BCUT2D eigenvalue weighted by Crippen LogP contribution is -2.13. The number of non-ortho nitro benzene ring substituents is 1. The zero-order valence-corrected chi connectivity index (χ0v) is 14.0. The highest BCUT2D eigenvalue weighted by molar-refractivity contribution is 7.92. The Morgan fingerprint density at radius 3 is 2.44 bits per heavy atom. The van der Waals surface area contributed by atoms with E-state index in [4.69, 9.17) is 0 Å². The maximum absolute atomic E-state index is 12.4. The van der Waals surface area contributed by atoms with Crippen LogP contribution in [0.4, 0.5) is 11.4 Å². The number of rotatable bonds is 5. The fraction of sp³-hybridized carbons (Fsp3) is 0.0625. The first-order valence-electron chi connectivity index (χ1n) is 7.25. The van der Waals surface area contributed by atoms with Crippen molar-refractivity contribution in [1.29, 1.82) is 0 Å². The number of nitro groups is 1. The van der Waals surface area contributed by atoms with Crippen LogP contribution in [0.25, 0.3) is 5.69 Å². The molecule has 0 atom stereocenters. The molecule has 0 spiro atoms. The van der Waals surface area contributed by atoms with E-state index in [1.54, 1.807) is 35.1 Å². The third-order valence-electron chi connectivity index (χ3n) is 3.45. The van der Waals surface area contributed by atoms with E-state index >= 15 is 0 Å². The largest absolute Gasteiger partial charge is 0.280 e. The highest BCUT2D eigenvalue weighted by atomic mass is 32.2. The highest BCUT2D eigenvalue weighted by Gasteiger charge is 2.17. The van der Waals surface area contributed by atoms with Crippen LogP contribution in [0.1, 0.15) is 5.69 Å². The summed E-state index contributed by atoms with van der Waals surface area (Å²) in [6.45, 7) is 1.87. The van der Waals surface area contributed by atoms with Crippen molar-refractivity contribution in [3.05, 3.63) is 76.6 Å². The first-order valence-corrected chi connectivity index (χ1v) is 8.73. The molecule has 25 heavy (non-hydrogen) atoms. The first kappa shape index (κ1) is 16.7. The van der Waals surface area contributed by atoms with Gasteiger partial charge in [0.2, 0.25) is 0 Å². The smallest absolute Gasteiger partial charge is 0.270 e. The van der Waals surface area contributed by atoms with Crippen LogP contribution in [0, 0.1) is 17.0 Å². The molecule has 9 heteroatoms. The zero-order chi connectivity index (χ0) is 18.0. The zero-order valence-electron chi connectivity index (χ0n) is 13.2. The van der Waals surface area contributed by atoms with Crippen LogP contribution in [0.15, 0.2) is 65.7 Å². The third-order valence-corrected chi connectivity index (χ3v) is 4.82. The van der Waals surface area contributed by atoms with Crippen LogP contribution in [0.2, 0.25) is 0 Å². The maximum atomic E-state index is 12.4. The molecule has 0 amide bonds. The van der Waals surface area contributed by atoms with Gasteiger partial charge in [0.15, 0.2) is 0 Å². The van der Waals surface area contributed by atoms with Gasteiger partial charge in [0.25, 0.3) is 15.7 Å². The number of sulfonamides is 1. The number of aromatic nitrogens is 2. The Balaban J connectivity index is 1.83. The number of benzene rings is 2. The van der Waals surface area contributed by atoms with Gasteiger partial charge in [0, 0.05) is 24.0 Å². The summed E-state index contributed by atoms with van der Waals surface area (Å²) < 4.78 is 28.8. The van der Waals surface area contributed by atoms with Gasteiger partial charge in [-0.2, -0.15) is 5.10 Å². The highest BCUT2D eigenvalue weighted by Crippen LogP contribution is 2.21. The van der Waals surface area contributed by atoms with Gasteiger partial charge < -0.3 is 0 Å². The molecule has 1 aromatic heterocycles. The predicted molar refractivity (Wildman–Crippen MR) is 92.2 cm³/mol. The third kappa shape index (κ3) is 3.66. The second-order valence-electron chi connectivity index (χ2n) is 5.31. The molecule has 0 fully saturated rings. The minimum absolute atomic E-state index is 0.173. The van der Waals surface area contributed by atoms with E-state index in [1.165, 1.54) is 18.2 Å². The lowest BCUT2D eigenvalue weighted by molar-refractivity contribution is -0.385. The normalized spacial score (nSPS) is 11.2. The molecule has 0 aliphatic rings. The number of hydrogen-bond acceptors (Lipinski definition) is 5. The lowest BCUT2D eigenvalue weighted by atomic mass is 10.3. The summed E-state index contributed by atoms with van der Waals surface area (Å²) in [7, 11) is -3.92. The van der Waals surface area contributed by atoms with Crippen LogP contribution < -0.4 is 4.72 Å². The minimum atomic E-state index is -3.92. The van der Waals surface area contributed by atoms with Crippen LogP contribution in [0.3, 0.4) is 0 Å². The van der Waals surface area contributed by atoms with Crippen molar-refractivity contribution in [3.63, 3.8) is 0 Å². The molecule has 1 N–H and O–H groups in total. The van der Waals surface area contributed by atoms with E-state index in [0.717, 1.165) is 17.4 Å². The fourth-order valence-electron chi connectivity index (χ4n) is 2.22. The minimum Gasteiger partial charge on any atom is -0.280 e. The molecule has 0 radical (unpaired) electrons. The molecule has 2 aromatic carbocycles. The molecular weight excluding hydrogens is 344 g/mol. The molecular formula is C16H14N4O4S. The summed E-state index contributed by atoms with van der Waals surface area (Å²) in [6, 6.07) is 13.4. The molecule has 1 heterocycles. The molecule has 3 aromatic rings. The van der Waals surface area contributed by atoms with Crippen molar-refractivity contribution in [2.75, 3.05) is 4.72 Å². The standard InChI is InChI=1S/C16H14N4O4S/c1-12-9-10-19(17-12)14-7-5-13(6-8-14)18-25(23,24)16-4-2-3-15(11-16)20(21)22/h2-11,18H,1H3. The fourth-order valence-corrected chi connectivity index (χ4v) is 3.32. The average molecular weight is 358 g/mol. The van der Waals surface area contributed by atoms with Gasteiger partial charge in [-0.15, -0.1) is 0 Å². The maximum Gasteiger partial charge on any atom is 0.270 e. The Bertz CT molecular complexity index is 1030. The molecule has 128 valence electrons. The Hall–Kier alpha value is -3.20. The number of anilines is 1. The summed E-state index contributed by atoms with van der Waals surface area (Å²) in [4.78, 5) is 9.98. The van der Waals surface area contributed by atoms with Crippen molar-refractivity contribution in [1.82, 2.24) is 9.78 Å². The SMILES string of the molecule is Cc1ccn(-c2ccc(NS(=O)(=O)c3cccc([N+](=O)[O-])c3)cc2)n1. The van der Waals surface area contributed by atoms with Gasteiger partial charge in [-0.3, -0.25) is 14.8 Å². The van der Waals surface area contributed by atoms with Crippen molar-refractivity contribution < 1.29 is 13.3 Å². The average Bonchev–Trinajstić information content (AvgIpc) is 3.02. The Labute approximate surface area is 143 Å². The summed E-state index contributed by atoms with van der Waals surface area (Å²) >= 11 is 0. The molecule has 0 saturated carbocycles. The van der Waals surface area contributed by atoms with E-state index in [-0.39, 0.29) is 10.6 Å². The van der Waals surface area contributed by atoms with Crippen molar-refractivity contribution in [3.8, 4) is 5.69 Å². The van der Waals surface area contributed by atoms with Crippen LogP contribution in [-0.4, -0.2) is 23.1 Å². The Kier molecular flexibility index (Phi) is 4.24. The summed E-state index contributed by atoms with van der Waals surface area (Å²) in [6.07, 6.45) is 1.80. The van der Waals surface area contributed by atoms with Gasteiger partial charge in [-0.05, 0) is 43.3 Å². The number of nitrogens with one attached hydrogen (secondary N) is 1. The van der Waals surface area contributed by atoms with E-state index in [0.29, 0.717) is 5.69 Å². The van der Waals surface area contributed by atoms with Crippen molar-refractivity contribution >= 4 is 21.4 Å². The van der Waals surface area contributed by atoms with Crippen LogP contribution in [0.5, 0.6) is 0 Å². The topological polar surface area (TPSA) is 107 Å². The Morgan fingerprint density at radius 2 is 1.84 bits per heavy atom. The van der Waals surface area contributed by atoms with Gasteiger partial charge in [-0.25, -0.2) is 13.1 Å².